The van der Waals surface area contributed by atoms with E-state index in [1.165, 1.54) is 0 Å². The number of aryl methyl sites for hydroxylation is 1. The summed E-state index contributed by atoms with van der Waals surface area (Å²) < 4.78 is 18.6. The minimum atomic E-state index is -0.895. The lowest BCUT2D eigenvalue weighted by Gasteiger charge is -2.17. The van der Waals surface area contributed by atoms with E-state index in [-0.39, 0.29) is 0 Å². The third-order valence-electron chi connectivity index (χ3n) is 4.29. The van der Waals surface area contributed by atoms with Crippen LogP contribution in [0, 0.1) is 6.92 Å². The van der Waals surface area contributed by atoms with Gasteiger partial charge in [-0.15, -0.1) is 10.2 Å². The van der Waals surface area contributed by atoms with Crippen molar-refractivity contribution in [3.05, 3.63) is 36.1 Å². The van der Waals surface area contributed by atoms with Crippen LogP contribution in [0.2, 0.25) is 0 Å². The van der Waals surface area contributed by atoms with Crippen molar-refractivity contribution in [2.24, 2.45) is 0 Å². The second kappa shape index (κ2) is 9.04. The Morgan fingerprint density at radius 2 is 1.90 bits per heavy atom. The van der Waals surface area contributed by atoms with Gasteiger partial charge < -0.3 is 19.0 Å². The van der Waals surface area contributed by atoms with E-state index in [1.807, 2.05) is 26.0 Å². The second-order valence-corrected chi connectivity index (χ2v) is 7.47. The van der Waals surface area contributed by atoms with Gasteiger partial charge in [-0.2, -0.15) is 0 Å². The van der Waals surface area contributed by atoms with Crippen molar-refractivity contribution in [3.63, 3.8) is 0 Å². The van der Waals surface area contributed by atoms with Crippen LogP contribution in [0.25, 0.3) is 17.3 Å². The predicted octanol–water partition coefficient (Wildman–Crippen LogP) is 4.20. The van der Waals surface area contributed by atoms with Gasteiger partial charge in [-0.1, -0.05) is 31.2 Å². The van der Waals surface area contributed by atoms with E-state index in [0.29, 0.717) is 40.3 Å². The minimum absolute atomic E-state index is 0.415. The van der Waals surface area contributed by atoms with Gasteiger partial charge in [0, 0.05) is 0 Å². The molecule has 0 saturated heterocycles. The number of thioether (sulfide) groups is 1. The number of hydrogen-bond acceptors (Lipinski definition) is 7. The zero-order valence-corrected chi connectivity index (χ0v) is 17.5. The highest BCUT2D eigenvalue weighted by Crippen LogP contribution is 2.39. The number of nitrogens with zero attached hydrogens (tertiary/aromatic N) is 3. The highest BCUT2D eigenvalue weighted by Gasteiger charge is 2.28. The fourth-order valence-electron chi connectivity index (χ4n) is 2.94. The average Bonchev–Trinajstić information content (AvgIpc) is 3.32. The summed E-state index contributed by atoms with van der Waals surface area (Å²) in [7, 11) is 3.12. The number of ether oxygens (including phenoxy) is 2. The third-order valence-corrected chi connectivity index (χ3v) is 5.49. The Morgan fingerprint density at radius 1 is 1.21 bits per heavy atom. The Labute approximate surface area is 172 Å². The number of carboxylic acids is 1. The first kappa shape index (κ1) is 20.8. The van der Waals surface area contributed by atoms with E-state index in [0.717, 1.165) is 23.9 Å². The smallest absolute Gasteiger partial charge is 0.317 e. The first-order chi connectivity index (χ1) is 14.0. The molecule has 2 aromatic heterocycles. The molecular weight excluding hydrogens is 394 g/mol. The van der Waals surface area contributed by atoms with Crippen LogP contribution in [0.3, 0.4) is 0 Å². The van der Waals surface area contributed by atoms with Crippen LogP contribution >= 0.6 is 11.8 Å². The van der Waals surface area contributed by atoms with E-state index in [1.54, 1.807) is 37.0 Å². The first-order valence-corrected chi connectivity index (χ1v) is 10.0. The molecule has 2 heterocycles. The monoisotopic (exact) mass is 417 g/mol. The summed E-state index contributed by atoms with van der Waals surface area (Å²) in [5, 5.41) is 17.9. The van der Waals surface area contributed by atoms with Crippen molar-refractivity contribution < 1.29 is 23.8 Å². The van der Waals surface area contributed by atoms with Crippen molar-refractivity contribution in [2.75, 3.05) is 14.2 Å². The lowest BCUT2D eigenvalue weighted by Crippen LogP contribution is -2.17. The summed E-state index contributed by atoms with van der Waals surface area (Å²) in [5.74, 6) is 1.86. The Balaban J connectivity index is 2.23. The fraction of sp³-hybridized carbons (Fsp3) is 0.350. The van der Waals surface area contributed by atoms with E-state index in [4.69, 9.17) is 13.9 Å². The topological polar surface area (TPSA) is 99.6 Å². The van der Waals surface area contributed by atoms with Gasteiger partial charge in [0.2, 0.25) is 5.82 Å². The maximum atomic E-state index is 11.7. The second-order valence-electron chi connectivity index (χ2n) is 6.30. The van der Waals surface area contributed by atoms with Crippen LogP contribution in [-0.4, -0.2) is 45.3 Å². The van der Waals surface area contributed by atoms with Gasteiger partial charge in [-0.05, 0) is 37.6 Å². The molecule has 1 N–H and O–H groups in total. The van der Waals surface area contributed by atoms with Crippen molar-refractivity contribution >= 4 is 17.7 Å². The number of methoxy groups -OCH3 is 2. The lowest BCUT2D eigenvalue weighted by molar-refractivity contribution is -0.136. The van der Waals surface area contributed by atoms with Crippen LogP contribution in [-0.2, 0) is 4.79 Å². The third kappa shape index (κ3) is 4.24. The molecule has 8 nitrogen and oxygen atoms in total. The standard InChI is InChI=1S/C20H23N3O5S/c1-5-7-16(19(24)25)29-20-22-21-18(15-11-10-12(2)28-15)23(20)17-13(26-3)8-6-9-14(17)27-4/h6,8-11,16H,5,7H2,1-4H3,(H,24,25). The van der Waals surface area contributed by atoms with Crippen molar-refractivity contribution in [1.29, 1.82) is 0 Å². The molecule has 154 valence electrons. The van der Waals surface area contributed by atoms with Gasteiger partial charge in [0.05, 0.1) is 14.2 Å². The van der Waals surface area contributed by atoms with Gasteiger partial charge >= 0.3 is 5.97 Å². The molecule has 0 radical (unpaired) electrons. The molecule has 0 saturated carbocycles. The van der Waals surface area contributed by atoms with E-state index >= 15 is 0 Å². The SMILES string of the molecule is CCCC(Sc1nnc(-c2ccc(C)o2)n1-c1c(OC)cccc1OC)C(=O)O. The molecule has 3 aromatic rings. The van der Waals surface area contributed by atoms with Crippen LogP contribution in [0.4, 0.5) is 0 Å². The Bertz CT molecular complexity index is 976. The number of carboxylic acid groups (broad SMARTS) is 1. The first-order valence-electron chi connectivity index (χ1n) is 9.13. The quantitative estimate of drug-likeness (QED) is 0.517. The number of hydrogen-bond donors (Lipinski definition) is 1. The van der Waals surface area contributed by atoms with Crippen LogP contribution < -0.4 is 9.47 Å². The molecule has 0 aliphatic rings. The molecule has 0 aliphatic carbocycles. The van der Waals surface area contributed by atoms with Crippen molar-refractivity contribution in [3.8, 4) is 28.8 Å². The number of furan rings is 1. The fourth-order valence-corrected chi connectivity index (χ4v) is 4.02. The minimum Gasteiger partial charge on any atom is -0.494 e. The molecule has 1 unspecified atom stereocenters. The zero-order chi connectivity index (χ0) is 21.0. The largest absolute Gasteiger partial charge is 0.494 e. The van der Waals surface area contributed by atoms with E-state index < -0.39 is 11.2 Å². The van der Waals surface area contributed by atoms with Gasteiger partial charge in [-0.25, -0.2) is 0 Å². The molecule has 0 bridgehead atoms. The molecule has 9 heteroatoms. The normalized spacial score (nSPS) is 12.0. The lowest BCUT2D eigenvalue weighted by atomic mass is 10.2. The summed E-state index contributed by atoms with van der Waals surface area (Å²) in [4.78, 5) is 11.7. The van der Waals surface area contributed by atoms with Crippen LogP contribution in [0.5, 0.6) is 11.5 Å². The number of aromatic nitrogens is 3. The molecule has 0 fully saturated rings. The number of carbonyl (C=O) groups is 1. The predicted molar refractivity (Wildman–Crippen MR) is 109 cm³/mol. The Morgan fingerprint density at radius 3 is 2.41 bits per heavy atom. The molecule has 1 atom stereocenters. The molecule has 1 aromatic carbocycles. The van der Waals surface area contributed by atoms with Gasteiger partial charge in [0.15, 0.2) is 10.9 Å². The maximum Gasteiger partial charge on any atom is 0.317 e. The van der Waals surface area contributed by atoms with Gasteiger partial charge in [-0.3, -0.25) is 9.36 Å². The number of aliphatic carboxylic acids is 1. The van der Waals surface area contributed by atoms with E-state index in [2.05, 4.69) is 10.2 Å². The van der Waals surface area contributed by atoms with Gasteiger partial charge in [0.25, 0.3) is 0 Å². The van der Waals surface area contributed by atoms with Crippen molar-refractivity contribution in [1.82, 2.24) is 14.8 Å². The van der Waals surface area contributed by atoms with Crippen LogP contribution in [0.15, 0.2) is 39.9 Å². The summed E-state index contributed by atoms with van der Waals surface area (Å²) in [6.07, 6.45) is 1.24. The Hall–Kier alpha value is -2.94. The number of para-hydroxylation sites is 1. The summed E-state index contributed by atoms with van der Waals surface area (Å²) in [5.41, 5.74) is 0.578. The molecule has 29 heavy (non-hydrogen) atoms. The highest BCUT2D eigenvalue weighted by atomic mass is 32.2. The molecule has 0 aliphatic heterocycles. The zero-order valence-electron chi connectivity index (χ0n) is 16.7. The summed E-state index contributed by atoms with van der Waals surface area (Å²) in [6, 6.07) is 9.03. The highest BCUT2D eigenvalue weighted by molar-refractivity contribution is 8.00. The summed E-state index contributed by atoms with van der Waals surface area (Å²) >= 11 is 1.14. The molecule has 0 amide bonds. The number of rotatable bonds is 9. The average molecular weight is 417 g/mol. The van der Waals surface area contributed by atoms with Gasteiger partial charge in [0.1, 0.15) is 28.2 Å². The molecule has 0 spiro atoms. The molecule has 3 rings (SSSR count). The summed E-state index contributed by atoms with van der Waals surface area (Å²) in [6.45, 7) is 3.78. The number of benzene rings is 1. The Kier molecular flexibility index (Phi) is 6.48. The molecular formula is C20H23N3O5S. The van der Waals surface area contributed by atoms with Crippen LogP contribution in [0.1, 0.15) is 25.5 Å². The van der Waals surface area contributed by atoms with Crippen molar-refractivity contribution in [2.45, 2.75) is 37.1 Å². The maximum absolute atomic E-state index is 11.7. The van der Waals surface area contributed by atoms with E-state index in [9.17, 15) is 9.90 Å².